The molecular weight excluding hydrogens is 354 g/mol. The lowest BCUT2D eigenvalue weighted by molar-refractivity contribution is 0.455. The minimum Gasteiger partial charge on any atom is -0.383 e. The first-order chi connectivity index (χ1) is 13.8. The number of hydrogen-bond donors (Lipinski definition) is 1. The van der Waals surface area contributed by atoms with Crippen LogP contribution in [0.15, 0.2) is 29.3 Å². The van der Waals surface area contributed by atoms with Gasteiger partial charge in [-0.2, -0.15) is 0 Å². The summed E-state index contributed by atoms with van der Waals surface area (Å²) in [5, 5.41) is 5.70. The van der Waals surface area contributed by atoms with Crippen molar-refractivity contribution >= 4 is 24.2 Å². The summed E-state index contributed by atoms with van der Waals surface area (Å²) in [4.78, 5) is 7.15. The standard InChI is InChI=1S/C26H35N3/c1-17-12-24(15-25(20(17)4)16-29(6)7)23-13-18(2)26(19(3)14-23)28-21(5)22-8-10-27-11-9-22/h12-16,22,27H,4,8-11H2,1-3,5-7H3/b25-16-,28-21?. The summed E-state index contributed by atoms with van der Waals surface area (Å²) in [7, 11) is 4.10. The average molecular weight is 390 g/mol. The molecule has 0 aromatic heterocycles. The molecule has 0 spiro atoms. The number of piperidine rings is 1. The van der Waals surface area contributed by atoms with E-state index in [1.54, 1.807) is 0 Å². The van der Waals surface area contributed by atoms with E-state index in [0.29, 0.717) is 5.92 Å². The molecule has 1 aliphatic rings. The van der Waals surface area contributed by atoms with Crippen LogP contribution in [-0.4, -0.2) is 37.8 Å². The fourth-order valence-electron chi connectivity index (χ4n) is 4.21. The summed E-state index contributed by atoms with van der Waals surface area (Å²) in [6, 6.07) is 9.04. The maximum absolute atomic E-state index is 5.07. The molecular formula is C26H35N3. The Morgan fingerprint density at radius 3 is 2.14 bits per heavy atom. The second kappa shape index (κ2) is 8.96. The predicted molar refractivity (Wildman–Crippen MR) is 127 cm³/mol. The summed E-state index contributed by atoms with van der Waals surface area (Å²) in [5.41, 5.74) is 8.58. The summed E-state index contributed by atoms with van der Waals surface area (Å²) < 4.78 is 0. The van der Waals surface area contributed by atoms with Crippen LogP contribution >= 0.6 is 0 Å². The van der Waals surface area contributed by atoms with Crippen molar-refractivity contribution in [3.8, 4) is 11.1 Å². The van der Waals surface area contributed by atoms with Crippen LogP contribution in [0.25, 0.3) is 23.9 Å². The summed E-state index contributed by atoms with van der Waals surface area (Å²) in [5.74, 6) is 0.603. The van der Waals surface area contributed by atoms with Gasteiger partial charge in [0, 0.05) is 26.0 Å². The fraction of sp³-hybridized carbons (Fsp3) is 0.423. The Kier molecular flexibility index (Phi) is 6.59. The minimum atomic E-state index is 0.603. The first-order valence-corrected chi connectivity index (χ1v) is 10.6. The Morgan fingerprint density at radius 1 is 1.00 bits per heavy atom. The van der Waals surface area contributed by atoms with Gasteiger partial charge in [-0.05, 0) is 116 Å². The molecule has 0 amide bonds. The SMILES string of the molecule is C=c1c(C)cc(-c2cc(C)c(N=C(C)C3CCNCC3)c(C)c2)c/c1=C/N(C)C. The summed E-state index contributed by atoms with van der Waals surface area (Å²) >= 11 is 0. The van der Waals surface area contributed by atoms with Crippen LogP contribution in [0, 0.1) is 26.7 Å². The molecule has 3 heteroatoms. The molecule has 0 aliphatic carbocycles. The lowest BCUT2D eigenvalue weighted by atomic mass is 9.93. The topological polar surface area (TPSA) is 27.6 Å². The van der Waals surface area contributed by atoms with Crippen LogP contribution in [0.1, 0.15) is 36.5 Å². The van der Waals surface area contributed by atoms with Gasteiger partial charge in [0.05, 0.1) is 5.69 Å². The Morgan fingerprint density at radius 2 is 1.55 bits per heavy atom. The van der Waals surface area contributed by atoms with Gasteiger partial charge in [-0.3, -0.25) is 4.99 Å². The molecule has 3 rings (SSSR count). The number of benzene rings is 2. The zero-order chi connectivity index (χ0) is 21.1. The van der Waals surface area contributed by atoms with Crippen molar-refractivity contribution in [2.45, 2.75) is 40.5 Å². The molecule has 0 radical (unpaired) electrons. The lowest BCUT2D eigenvalue weighted by Crippen LogP contribution is -2.30. The van der Waals surface area contributed by atoms with E-state index in [1.807, 2.05) is 14.1 Å². The van der Waals surface area contributed by atoms with E-state index in [0.717, 1.165) is 24.0 Å². The van der Waals surface area contributed by atoms with Gasteiger partial charge in [0.2, 0.25) is 0 Å². The second-order valence-corrected chi connectivity index (χ2v) is 8.69. The number of nitrogens with zero attached hydrogens (tertiary/aromatic N) is 2. The van der Waals surface area contributed by atoms with Crippen molar-refractivity contribution in [3.63, 3.8) is 0 Å². The van der Waals surface area contributed by atoms with Crippen LogP contribution in [-0.2, 0) is 0 Å². The van der Waals surface area contributed by atoms with Crippen LogP contribution in [0.4, 0.5) is 5.69 Å². The maximum atomic E-state index is 5.07. The van der Waals surface area contributed by atoms with E-state index >= 15 is 0 Å². The van der Waals surface area contributed by atoms with Crippen LogP contribution in [0.5, 0.6) is 0 Å². The molecule has 1 N–H and O–H groups in total. The smallest absolute Gasteiger partial charge is 0.0687 e. The third kappa shape index (κ3) is 4.97. The molecule has 29 heavy (non-hydrogen) atoms. The number of aryl methyl sites for hydroxylation is 3. The van der Waals surface area contributed by atoms with E-state index in [4.69, 9.17) is 4.99 Å². The molecule has 0 saturated carbocycles. The third-order valence-corrected chi connectivity index (χ3v) is 5.95. The first-order valence-electron chi connectivity index (χ1n) is 10.6. The van der Waals surface area contributed by atoms with Crippen molar-refractivity contribution in [1.29, 1.82) is 0 Å². The van der Waals surface area contributed by atoms with Crippen LogP contribution in [0.2, 0.25) is 0 Å². The highest BCUT2D eigenvalue weighted by molar-refractivity contribution is 5.88. The molecule has 0 atom stereocenters. The number of rotatable bonds is 4. The zero-order valence-corrected chi connectivity index (χ0v) is 18.9. The molecule has 1 heterocycles. The molecule has 1 aliphatic heterocycles. The molecule has 1 saturated heterocycles. The van der Waals surface area contributed by atoms with Gasteiger partial charge in [0.1, 0.15) is 0 Å². The monoisotopic (exact) mass is 389 g/mol. The molecule has 1 fully saturated rings. The maximum Gasteiger partial charge on any atom is 0.0687 e. The van der Waals surface area contributed by atoms with Crippen molar-refractivity contribution in [1.82, 2.24) is 10.2 Å². The fourth-order valence-corrected chi connectivity index (χ4v) is 4.21. The van der Waals surface area contributed by atoms with E-state index in [9.17, 15) is 0 Å². The molecule has 0 bridgehead atoms. The highest BCUT2D eigenvalue weighted by Gasteiger charge is 2.16. The largest absolute Gasteiger partial charge is 0.383 e. The predicted octanol–water partition coefficient (Wildman–Crippen LogP) is 4.08. The lowest BCUT2D eigenvalue weighted by Gasteiger charge is -2.23. The van der Waals surface area contributed by atoms with E-state index in [2.05, 4.69) is 75.0 Å². The highest BCUT2D eigenvalue weighted by Crippen LogP contribution is 2.31. The van der Waals surface area contributed by atoms with E-state index < -0.39 is 0 Å². The molecule has 2 aromatic rings. The van der Waals surface area contributed by atoms with Gasteiger partial charge in [-0.25, -0.2) is 0 Å². The van der Waals surface area contributed by atoms with Crippen molar-refractivity contribution in [2.24, 2.45) is 10.9 Å². The molecule has 3 nitrogen and oxygen atoms in total. The van der Waals surface area contributed by atoms with Gasteiger partial charge in [-0.1, -0.05) is 12.6 Å². The Hall–Kier alpha value is -2.39. The van der Waals surface area contributed by atoms with Crippen molar-refractivity contribution in [2.75, 3.05) is 27.2 Å². The quantitative estimate of drug-likeness (QED) is 0.798. The second-order valence-electron chi connectivity index (χ2n) is 8.69. The number of hydrogen-bond acceptors (Lipinski definition) is 3. The van der Waals surface area contributed by atoms with Gasteiger partial charge in [-0.15, -0.1) is 0 Å². The first kappa shape index (κ1) is 21.3. The Labute approximate surface area is 175 Å². The molecule has 2 aromatic carbocycles. The summed E-state index contributed by atoms with van der Waals surface area (Å²) in [6.45, 7) is 15.2. The molecule has 0 unspecified atom stereocenters. The highest BCUT2D eigenvalue weighted by atomic mass is 15.0. The zero-order valence-electron chi connectivity index (χ0n) is 18.9. The van der Waals surface area contributed by atoms with Crippen molar-refractivity contribution < 1.29 is 0 Å². The van der Waals surface area contributed by atoms with Gasteiger partial charge in [0.25, 0.3) is 0 Å². The normalized spacial score (nSPS) is 16.3. The Balaban J connectivity index is 2.02. The van der Waals surface area contributed by atoms with Crippen LogP contribution in [0.3, 0.4) is 0 Å². The Bertz CT molecular complexity index is 1000. The number of aliphatic imine (C=N–C) groups is 1. The van der Waals surface area contributed by atoms with Crippen molar-refractivity contribution in [3.05, 3.63) is 51.4 Å². The van der Waals surface area contributed by atoms with E-state index in [-0.39, 0.29) is 0 Å². The molecule has 154 valence electrons. The van der Waals surface area contributed by atoms with Crippen LogP contribution < -0.4 is 15.8 Å². The average Bonchev–Trinajstić information content (AvgIpc) is 2.68. The minimum absolute atomic E-state index is 0.603. The van der Waals surface area contributed by atoms with Gasteiger partial charge in [0.15, 0.2) is 0 Å². The number of nitrogens with one attached hydrogen (secondary N) is 1. The summed E-state index contributed by atoms with van der Waals surface area (Å²) in [6.07, 6.45) is 4.51. The van der Waals surface area contributed by atoms with Gasteiger partial charge < -0.3 is 10.2 Å². The van der Waals surface area contributed by atoms with E-state index in [1.165, 1.54) is 51.6 Å². The van der Waals surface area contributed by atoms with Gasteiger partial charge >= 0.3 is 0 Å². The third-order valence-electron chi connectivity index (χ3n) is 5.95.